The first-order chi connectivity index (χ1) is 8.31. The molecule has 0 amide bonds. The number of hydrogen-bond donors (Lipinski definition) is 1. The third-order valence-electron chi connectivity index (χ3n) is 4.24. The van der Waals surface area contributed by atoms with E-state index in [4.69, 9.17) is 9.47 Å². The van der Waals surface area contributed by atoms with E-state index < -0.39 is 0 Å². The van der Waals surface area contributed by atoms with Crippen molar-refractivity contribution in [3.63, 3.8) is 0 Å². The molecule has 0 aliphatic carbocycles. The Bertz CT molecular complexity index is 216. The third-order valence-corrected chi connectivity index (χ3v) is 4.24. The highest BCUT2D eigenvalue weighted by atomic mass is 16.5. The molecule has 0 spiro atoms. The van der Waals surface area contributed by atoms with E-state index in [2.05, 4.69) is 19.2 Å². The topological polar surface area (TPSA) is 30.5 Å². The van der Waals surface area contributed by atoms with Gasteiger partial charge in [-0.3, -0.25) is 0 Å². The van der Waals surface area contributed by atoms with Crippen molar-refractivity contribution in [2.24, 2.45) is 11.8 Å². The summed E-state index contributed by atoms with van der Waals surface area (Å²) >= 11 is 0. The van der Waals surface area contributed by atoms with E-state index in [0.717, 1.165) is 32.3 Å². The fraction of sp³-hybridized carbons (Fsp3) is 1.00. The van der Waals surface area contributed by atoms with Gasteiger partial charge in [-0.2, -0.15) is 0 Å². The molecule has 2 fully saturated rings. The lowest BCUT2D eigenvalue weighted by molar-refractivity contribution is 0.0296. The van der Waals surface area contributed by atoms with Crippen LogP contribution in [0.3, 0.4) is 0 Å². The summed E-state index contributed by atoms with van der Waals surface area (Å²) < 4.78 is 11.4. The number of likely N-dealkylation sites (N-methyl/N-ethyl adjacent to an activating group) is 1. The monoisotopic (exact) mass is 241 g/mol. The molecule has 3 nitrogen and oxygen atoms in total. The van der Waals surface area contributed by atoms with E-state index in [0.29, 0.717) is 18.1 Å². The Labute approximate surface area is 105 Å². The van der Waals surface area contributed by atoms with Crippen LogP contribution in [-0.4, -0.2) is 38.5 Å². The highest BCUT2D eigenvalue weighted by Crippen LogP contribution is 2.28. The largest absolute Gasteiger partial charge is 0.381 e. The van der Waals surface area contributed by atoms with Gasteiger partial charge in [0.05, 0.1) is 6.10 Å². The van der Waals surface area contributed by atoms with Gasteiger partial charge in [0.1, 0.15) is 0 Å². The van der Waals surface area contributed by atoms with Crippen molar-refractivity contribution in [3.8, 4) is 0 Å². The molecule has 0 aromatic rings. The predicted molar refractivity (Wildman–Crippen MR) is 69.1 cm³/mol. The molecule has 0 radical (unpaired) electrons. The Morgan fingerprint density at radius 2 is 1.94 bits per heavy atom. The number of hydrogen-bond acceptors (Lipinski definition) is 3. The summed E-state index contributed by atoms with van der Waals surface area (Å²) in [6.07, 6.45) is 5.36. The standard InChI is InChI=1S/C14H27NO2/c1-3-15-13(14-11(2)4-9-17-14)10-12-5-7-16-8-6-12/h11-15H,3-10H2,1-2H3. The van der Waals surface area contributed by atoms with Crippen LogP contribution in [0.15, 0.2) is 0 Å². The smallest absolute Gasteiger partial charge is 0.0754 e. The molecule has 2 rings (SSSR count). The molecule has 0 saturated carbocycles. The molecule has 2 aliphatic rings. The van der Waals surface area contributed by atoms with Crippen LogP contribution in [0.25, 0.3) is 0 Å². The summed E-state index contributed by atoms with van der Waals surface area (Å²) in [5, 5.41) is 3.64. The Morgan fingerprint density at radius 3 is 2.53 bits per heavy atom. The van der Waals surface area contributed by atoms with Crippen LogP contribution in [0.4, 0.5) is 0 Å². The van der Waals surface area contributed by atoms with Gasteiger partial charge >= 0.3 is 0 Å². The molecule has 2 heterocycles. The average molecular weight is 241 g/mol. The zero-order valence-corrected chi connectivity index (χ0v) is 11.3. The summed E-state index contributed by atoms with van der Waals surface area (Å²) in [4.78, 5) is 0. The van der Waals surface area contributed by atoms with Gasteiger partial charge in [0.25, 0.3) is 0 Å². The lowest BCUT2D eigenvalue weighted by Gasteiger charge is -2.31. The molecule has 3 atom stereocenters. The SMILES string of the molecule is CCNC(CC1CCOCC1)C1OCCC1C. The van der Waals surface area contributed by atoms with Gasteiger partial charge in [0, 0.05) is 25.9 Å². The molecule has 3 unspecified atom stereocenters. The van der Waals surface area contributed by atoms with Crippen molar-refractivity contribution < 1.29 is 9.47 Å². The third kappa shape index (κ3) is 3.67. The van der Waals surface area contributed by atoms with Crippen molar-refractivity contribution in [3.05, 3.63) is 0 Å². The number of rotatable bonds is 5. The first kappa shape index (κ1) is 13.3. The van der Waals surface area contributed by atoms with Crippen LogP contribution in [0.1, 0.15) is 39.5 Å². The molecular formula is C14H27NO2. The summed E-state index contributed by atoms with van der Waals surface area (Å²) in [6.45, 7) is 8.40. The molecule has 0 aromatic heterocycles. The van der Waals surface area contributed by atoms with E-state index in [9.17, 15) is 0 Å². The zero-order chi connectivity index (χ0) is 12.1. The lowest BCUT2D eigenvalue weighted by Crippen LogP contribution is -2.44. The molecule has 2 aliphatic heterocycles. The Balaban J connectivity index is 1.86. The number of ether oxygens (including phenoxy) is 2. The van der Waals surface area contributed by atoms with Gasteiger partial charge in [-0.1, -0.05) is 13.8 Å². The number of nitrogens with one attached hydrogen (secondary N) is 1. The highest BCUT2D eigenvalue weighted by molar-refractivity contribution is 4.86. The minimum atomic E-state index is 0.429. The average Bonchev–Trinajstić information content (AvgIpc) is 2.76. The molecule has 0 bridgehead atoms. The quantitative estimate of drug-likeness (QED) is 0.800. The highest BCUT2D eigenvalue weighted by Gasteiger charge is 2.33. The predicted octanol–water partition coefficient (Wildman–Crippen LogP) is 2.21. The maximum absolute atomic E-state index is 5.93. The molecule has 3 heteroatoms. The van der Waals surface area contributed by atoms with Crippen LogP contribution < -0.4 is 5.32 Å². The molecular weight excluding hydrogens is 214 g/mol. The first-order valence-electron chi connectivity index (χ1n) is 7.24. The summed E-state index contributed by atoms with van der Waals surface area (Å²) in [7, 11) is 0. The lowest BCUT2D eigenvalue weighted by atomic mass is 9.87. The summed E-state index contributed by atoms with van der Waals surface area (Å²) in [5.41, 5.74) is 0. The summed E-state index contributed by atoms with van der Waals surface area (Å²) in [5.74, 6) is 1.53. The van der Waals surface area contributed by atoms with Crippen LogP contribution in [0.2, 0.25) is 0 Å². The van der Waals surface area contributed by atoms with Gasteiger partial charge in [0.15, 0.2) is 0 Å². The van der Waals surface area contributed by atoms with E-state index in [1.54, 1.807) is 0 Å². The van der Waals surface area contributed by atoms with E-state index >= 15 is 0 Å². The van der Waals surface area contributed by atoms with Gasteiger partial charge < -0.3 is 14.8 Å². The second-order valence-corrected chi connectivity index (χ2v) is 5.56. The fourth-order valence-electron chi connectivity index (χ4n) is 3.17. The van der Waals surface area contributed by atoms with Crippen molar-refractivity contribution in [1.82, 2.24) is 5.32 Å². The first-order valence-corrected chi connectivity index (χ1v) is 7.24. The zero-order valence-electron chi connectivity index (χ0n) is 11.3. The van der Waals surface area contributed by atoms with Crippen LogP contribution in [-0.2, 0) is 9.47 Å². The van der Waals surface area contributed by atoms with Gasteiger partial charge in [-0.05, 0) is 44.1 Å². The minimum absolute atomic E-state index is 0.429. The normalized spacial score (nSPS) is 32.8. The Morgan fingerprint density at radius 1 is 1.18 bits per heavy atom. The van der Waals surface area contributed by atoms with Gasteiger partial charge in [-0.15, -0.1) is 0 Å². The van der Waals surface area contributed by atoms with Gasteiger partial charge in [0.2, 0.25) is 0 Å². The van der Waals surface area contributed by atoms with Crippen molar-refractivity contribution in [2.45, 2.75) is 51.7 Å². The Kier molecular flexibility index (Phi) is 5.26. The van der Waals surface area contributed by atoms with Crippen LogP contribution in [0, 0.1) is 11.8 Å². The second-order valence-electron chi connectivity index (χ2n) is 5.56. The molecule has 2 saturated heterocycles. The Hall–Kier alpha value is -0.120. The second kappa shape index (κ2) is 6.72. The summed E-state index contributed by atoms with van der Waals surface area (Å²) in [6, 6.07) is 0.542. The van der Waals surface area contributed by atoms with Crippen molar-refractivity contribution >= 4 is 0 Å². The van der Waals surface area contributed by atoms with E-state index in [-0.39, 0.29) is 0 Å². The van der Waals surface area contributed by atoms with E-state index in [1.807, 2.05) is 0 Å². The maximum Gasteiger partial charge on any atom is 0.0754 e. The van der Waals surface area contributed by atoms with Gasteiger partial charge in [-0.25, -0.2) is 0 Å². The molecule has 100 valence electrons. The van der Waals surface area contributed by atoms with Crippen LogP contribution >= 0.6 is 0 Å². The molecule has 0 aromatic carbocycles. The fourth-order valence-corrected chi connectivity index (χ4v) is 3.17. The van der Waals surface area contributed by atoms with Crippen LogP contribution in [0.5, 0.6) is 0 Å². The molecule has 17 heavy (non-hydrogen) atoms. The van der Waals surface area contributed by atoms with Crippen molar-refractivity contribution in [1.29, 1.82) is 0 Å². The molecule has 1 N–H and O–H groups in total. The maximum atomic E-state index is 5.93. The van der Waals surface area contributed by atoms with Crippen molar-refractivity contribution in [2.75, 3.05) is 26.4 Å². The van der Waals surface area contributed by atoms with E-state index in [1.165, 1.54) is 25.7 Å². The minimum Gasteiger partial charge on any atom is -0.381 e.